The Labute approximate surface area is 238 Å². The summed E-state index contributed by atoms with van der Waals surface area (Å²) in [4.78, 5) is 32.3. The first kappa shape index (κ1) is 27.9. The minimum Gasteiger partial charge on any atom is -0.493 e. The molecule has 0 amide bonds. The molecule has 2 aromatic carbocycles. The molecule has 0 unspecified atom stereocenters. The number of nitrogens with zero attached hydrogens (tertiary/aromatic N) is 2. The number of fused-ring (bicyclic) bond motifs is 1. The first-order valence-electron chi connectivity index (χ1n) is 12.1. The summed E-state index contributed by atoms with van der Waals surface area (Å²) < 4.78 is 25.5. The number of hydrogen-bond acceptors (Lipinski definition) is 8. The lowest BCUT2D eigenvalue weighted by Gasteiger charge is -2.26. The lowest BCUT2D eigenvalue weighted by atomic mass is 9.95. The van der Waals surface area contributed by atoms with Crippen LogP contribution >= 0.6 is 33.9 Å². The normalized spacial score (nSPS) is 15.3. The number of aromatic nitrogens is 1. The molecule has 0 saturated carbocycles. The SMILES string of the molecule is CCOC(=O)C1=C(C)N=c2s/c(=C\c3cc(I)cc(OC)c3OC)c(=O)n2[C@H]1c1ccccc1OC(C)C. The van der Waals surface area contributed by atoms with Crippen LogP contribution in [0.4, 0.5) is 0 Å². The molecule has 1 atom stereocenters. The van der Waals surface area contributed by atoms with Crippen LogP contribution in [0.2, 0.25) is 0 Å². The molecule has 1 aromatic heterocycles. The highest BCUT2D eigenvalue weighted by atomic mass is 127. The van der Waals surface area contributed by atoms with E-state index in [1.165, 1.54) is 11.3 Å². The Kier molecular flexibility index (Phi) is 8.61. The summed E-state index contributed by atoms with van der Waals surface area (Å²) in [6.07, 6.45) is 1.66. The third-order valence-corrected chi connectivity index (χ3v) is 7.46. The Morgan fingerprint density at radius 1 is 1.18 bits per heavy atom. The van der Waals surface area contributed by atoms with Gasteiger partial charge >= 0.3 is 5.97 Å². The van der Waals surface area contributed by atoms with Gasteiger partial charge in [-0.1, -0.05) is 29.5 Å². The molecule has 200 valence electrons. The largest absolute Gasteiger partial charge is 0.493 e. The van der Waals surface area contributed by atoms with Crippen molar-refractivity contribution in [1.82, 2.24) is 4.57 Å². The molecular weight excluding hydrogens is 619 g/mol. The van der Waals surface area contributed by atoms with Crippen molar-refractivity contribution in [2.75, 3.05) is 20.8 Å². The summed E-state index contributed by atoms with van der Waals surface area (Å²) in [5.41, 5.74) is 1.89. The van der Waals surface area contributed by atoms with Gasteiger partial charge in [0.05, 0.1) is 42.7 Å². The maximum atomic E-state index is 14.0. The van der Waals surface area contributed by atoms with E-state index in [1.807, 2.05) is 50.2 Å². The first-order valence-corrected chi connectivity index (χ1v) is 14.0. The number of hydrogen-bond donors (Lipinski definition) is 0. The number of esters is 1. The molecule has 2 heterocycles. The number of carbonyl (C=O) groups excluding carboxylic acids is 1. The molecule has 0 fully saturated rings. The van der Waals surface area contributed by atoms with E-state index in [-0.39, 0.29) is 18.3 Å². The van der Waals surface area contributed by atoms with Crippen molar-refractivity contribution in [2.45, 2.75) is 39.8 Å². The summed E-state index contributed by atoms with van der Waals surface area (Å²) in [5.74, 6) is 1.16. The van der Waals surface area contributed by atoms with Gasteiger partial charge in [-0.3, -0.25) is 9.36 Å². The third-order valence-electron chi connectivity index (χ3n) is 5.85. The van der Waals surface area contributed by atoms with E-state index in [2.05, 4.69) is 27.6 Å². The summed E-state index contributed by atoms with van der Waals surface area (Å²) in [5, 5.41) is 0. The zero-order valence-corrected chi connectivity index (χ0v) is 25.0. The minimum absolute atomic E-state index is 0.105. The van der Waals surface area contributed by atoms with E-state index in [1.54, 1.807) is 38.7 Å². The average Bonchev–Trinajstić information content (AvgIpc) is 3.17. The smallest absolute Gasteiger partial charge is 0.338 e. The highest BCUT2D eigenvalue weighted by Crippen LogP contribution is 2.37. The lowest BCUT2D eigenvalue weighted by Crippen LogP contribution is -2.40. The van der Waals surface area contributed by atoms with Crippen LogP contribution in [-0.2, 0) is 9.53 Å². The van der Waals surface area contributed by atoms with Crippen molar-refractivity contribution in [3.05, 3.63) is 82.1 Å². The van der Waals surface area contributed by atoms with E-state index < -0.39 is 12.0 Å². The van der Waals surface area contributed by atoms with Crippen LogP contribution in [-0.4, -0.2) is 37.5 Å². The fraction of sp³-hybridized carbons (Fsp3) is 0.321. The first-order chi connectivity index (χ1) is 18.2. The van der Waals surface area contributed by atoms with Crippen molar-refractivity contribution >= 4 is 46.0 Å². The van der Waals surface area contributed by atoms with Crippen molar-refractivity contribution in [2.24, 2.45) is 4.99 Å². The molecule has 1 aliphatic rings. The molecule has 10 heteroatoms. The lowest BCUT2D eigenvalue weighted by molar-refractivity contribution is -0.139. The third kappa shape index (κ3) is 5.37. The van der Waals surface area contributed by atoms with Gasteiger partial charge in [-0.25, -0.2) is 9.79 Å². The molecule has 0 radical (unpaired) electrons. The summed E-state index contributed by atoms with van der Waals surface area (Å²) in [7, 11) is 3.13. The molecule has 0 spiro atoms. The van der Waals surface area contributed by atoms with Crippen molar-refractivity contribution in [3.8, 4) is 17.2 Å². The van der Waals surface area contributed by atoms with Crippen LogP contribution in [0.25, 0.3) is 6.08 Å². The zero-order valence-electron chi connectivity index (χ0n) is 22.0. The Balaban J connectivity index is 2.01. The second kappa shape index (κ2) is 11.7. The highest BCUT2D eigenvalue weighted by Gasteiger charge is 2.35. The Morgan fingerprint density at radius 2 is 1.92 bits per heavy atom. The van der Waals surface area contributed by atoms with Crippen LogP contribution in [0.5, 0.6) is 17.2 Å². The number of carbonyl (C=O) groups is 1. The number of methoxy groups -OCH3 is 2. The molecule has 0 N–H and O–H groups in total. The molecule has 3 aromatic rings. The van der Waals surface area contributed by atoms with Crippen LogP contribution < -0.4 is 29.1 Å². The fourth-order valence-electron chi connectivity index (χ4n) is 4.36. The van der Waals surface area contributed by atoms with Gasteiger partial charge in [0.2, 0.25) is 0 Å². The number of allylic oxidation sites excluding steroid dienone is 1. The molecule has 8 nitrogen and oxygen atoms in total. The van der Waals surface area contributed by atoms with Crippen molar-refractivity contribution in [1.29, 1.82) is 0 Å². The number of rotatable bonds is 8. The molecule has 1 aliphatic heterocycles. The molecular formula is C28H29IN2O6S. The van der Waals surface area contributed by atoms with Crippen LogP contribution in [0.3, 0.4) is 0 Å². The van der Waals surface area contributed by atoms with Crippen LogP contribution in [0.1, 0.15) is 44.9 Å². The number of benzene rings is 2. The molecule has 0 bridgehead atoms. The van der Waals surface area contributed by atoms with E-state index in [0.29, 0.717) is 49.0 Å². The molecule has 0 aliphatic carbocycles. The predicted octanol–water partition coefficient (Wildman–Crippen LogP) is 4.21. The topological polar surface area (TPSA) is 88.4 Å². The van der Waals surface area contributed by atoms with Crippen molar-refractivity contribution in [3.63, 3.8) is 0 Å². The molecule has 4 rings (SSSR count). The quantitative estimate of drug-likeness (QED) is 0.269. The highest BCUT2D eigenvalue weighted by molar-refractivity contribution is 14.1. The number of ether oxygens (including phenoxy) is 4. The fourth-order valence-corrected chi connectivity index (χ4v) is 6.02. The maximum Gasteiger partial charge on any atom is 0.338 e. The maximum absolute atomic E-state index is 14.0. The van der Waals surface area contributed by atoms with Gasteiger partial charge in [0.15, 0.2) is 16.3 Å². The summed E-state index contributed by atoms with van der Waals surface area (Å²) >= 11 is 3.44. The Morgan fingerprint density at radius 3 is 2.58 bits per heavy atom. The van der Waals surface area contributed by atoms with Gasteiger partial charge < -0.3 is 18.9 Å². The monoisotopic (exact) mass is 648 g/mol. The number of para-hydroxylation sites is 1. The van der Waals surface area contributed by atoms with Crippen LogP contribution in [0, 0.1) is 3.57 Å². The number of thiazole rings is 1. The van der Waals surface area contributed by atoms with E-state index in [0.717, 1.165) is 3.57 Å². The van der Waals surface area contributed by atoms with E-state index in [4.69, 9.17) is 18.9 Å². The minimum atomic E-state index is -0.769. The second-order valence-electron chi connectivity index (χ2n) is 8.74. The average molecular weight is 649 g/mol. The molecule has 0 saturated heterocycles. The van der Waals surface area contributed by atoms with Crippen LogP contribution in [0.15, 0.2) is 57.5 Å². The second-order valence-corrected chi connectivity index (χ2v) is 11.0. The summed E-state index contributed by atoms with van der Waals surface area (Å²) in [6, 6.07) is 10.4. The molecule has 38 heavy (non-hydrogen) atoms. The standard InChI is InChI=1S/C28H29IN2O6S/c1-7-36-27(33)23-16(4)30-28-31(24(23)19-10-8-9-11-20(19)37-15(2)3)26(32)22(38-28)13-17-12-18(29)14-21(34-5)25(17)35-6/h8-15,24H,7H2,1-6H3/b22-13-/t24-/m0/s1. The van der Waals surface area contributed by atoms with E-state index in [9.17, 15) is 9.59 Å². The summed E-state index contributed by atoms with van der Waals surface area (Å²) in [6.45, 7) is 7.56. The Hall–Kier alpha value is -3.12. The van der Waals surface area contributed by atoms with E-state index >= 15 is 0 Å². The van der Waals surface area contributed by atoms with Gasteiger partial charge in [-0.05, 0) is 74.6 Å². The Bertz CT molecular complexity index is 1590. The predicted molar refractivity (Wildman–Crippen MR) is 155 cm³/mol. The van der Waals surface area contributed by atoms with Gasteiger partial charge in [0.1, 0.15) is 11.8 Å². The van der Waals surface area contributed by atoms with Gasteiger partial charge in [0, 0.05) is 14.7 Å². The van der Waals surface area contributed by atoms with Gasteiger partial charge in [0.25, 0.3) is 5.56 Å². The number of halogens is 1. The van der Waals surface area contributed by atoms with Crippen molar-refractivity contribution < 1.29 is 23.7 Å². The van der Waals surface area contributed by atoms with Gasteiger partial charge in [-0.15, -0.1) is 0 Å². The zero-order chi connectivity index (χ0) is 27.6. The van der Waals surface area contributed by atoms with Gasteiger partial charge in [-0.2, -0.15) is 0 Å².